The highest BCUT2D eigenvalue weighted by Crippen LogP contribution is 2.32. The minimum Gasteiger partial charge on any atom is -0.451 e. The number of benzene rings is 2. The van der Waals surface area contributed by atoms with Crippen molar-refractivity contribution in [1.82, 2.24) is 0 Å². The Kier molecular flexibility index (Phi) is 4.16. The molecule has 2 aromatic carbocycles. The second-order valence-corrected chi connectivity index (χ2v) is 5.68. The molecule has 0 saturated carbocycles. The molecule has 0 fully saturated rings. The Morgan fingerprint density at radius 2 is 1.57 bits per heavy atom. The van der Waals surface area contributed by atoms with Crippen LogP contribution in [0.1, 0.15) is 32.8 Å². The molecule has 0 unspecified atom stereocenters. The topological polar surface area (TPSA) is 35.2 Å². The molecule has 2 aromatic rings. The van der Waals surface area contributed by atoms with E-state index in [0.717, 1.165) is 24.1 Å². The zero-order valence-electron chi connectivity index (χ0n) is 12.4. The van der Waals surface area contributed by atoms with E-state index in [1.807, 2.05) is 12.1 Å². The summed E-state index contributed by atoms with van der Waals surface area (Å²) in [5.74, 6) is -1.68. The van der Waals surface area contributed by atoms with Crippen molar-refractivity contribution < 1.29 is 13.5 Å². The number of nitrogens with two attached hydrogens (primary N) is 1. The smallest absolute Gasteiger partial charge is 0.198 e. The number of ether oxygens (including phenoxy) is 1. The van der Waals surface area contributed by atoms with Gasteiger partial charge in [0.25, 0.3) is 0 Å². The second-order valence-electron chi connectivity index (χ2n) is 5.68. The SMILES string of the molecule is CCC(C)(C)c1ccc(Oc2c(F)cc(N)cc2F)cc1. The molecule has 0 atom stereocenters. The van der Waals surface area contributed by atoms with Gasteiger partial charge in [-0.1, -0.05) is 32.9 Å². The lowest BCUT2D eigenvalue weighted by Crippen LogP contribution is -2.14. The van der Waals surface area contributed by atoms with Crippen LogP contribution in [0, 0.1) is 11.6 Å². The summed E-state index contributed by atoms with van der Waals surface area (Å²) in [4.78, 5) is 0. The van der Waals surface area contributed by atoms with E-state index in [0.29, 0.717) is 5.75 Å². The summed E-state index contributed by atoms with van der Waals surface area (Å²) in [6, 6.07) is 9.31. The van der Waals surface area contributed by atoms with E-state index in [1.165, 1.54) is 0 Å². The first-order valence-electron chi connectivity index (χ1n) is 6.86. The molecule has 0 amide bonds. The maximum Gasteiger partial charge on any atom is 0.198 e. The third kappa shape index (κ3) is 3.32. The summed E-state index contributed by atoms with van der Waals surface area (Å²) in [5, 5.41) is 0. The fraction of sp³-hybridized carbons (Fsp3) is 0.294. The number of nitrogen functional groups attached to an aromatic ring is 1. The van der Waals surface area contributed by atoms with Crippen LogP contribution in [-0.2, 0) is 5.41 Å². The van der Waals surface area contributed by atoms with Gasteiger partial charge in [-0.2, -0.15) is 0 Å². The Morgan fingerprint density at radius 1 is 1.05 bits per heavy atom. The predicted octanol–water partition coefficient (Wildman–Crippen LogP) is 5.03. The molecule has 0 radical (unpaired) electrons. The van der Waals surface area contributed by atoms with Gasteiger partial charge >= 0.3 is 0 Å². The van der Waals surface area contributed by atoms with Gasteiger partial charge in [-0.3, -0.25) is 0 Å². The maximum atomic E-state index is 13.7. The first-order chi connectivity index (χ1) is 9.83. The Hall–Kier alpha value is -2.10. The molecule has 2 nitrogen and oxygen atoms in total. The molecule has 0 aliphatic carbocycles. The summed E-state index contributed by atoms with van der Waals surface area (Å²) < 4.78 is 32.6. The number of anilines is 1. The Labute approximate surface area is 123 Å². The van der Waals surface area contributed by atoms with Crippen molar-refractivity contribution in [2.75, 3.05) is 5.73 Å². The minimum absolute atomic E-state index is 0.0254. The van der Waals surface area contributed by atoms with Crippen molar-refractivity contribution in [3.63, 3.8) is 0 Å². The van der Waals surface area contributed by atoms with Crippen LogP contribution in [0.15, 0.2) is 36.4 Å². The Balaban J connectivity index is 2.26. The predicted molar refractivity (Wildman–Crippen MR) is 80.6 cm³/mol. The van der Waals surface area contributed by atoms with Crippen LogP contribution in [-0.4, -0.2) is 0 Å². The molecule has 2 rings (SSSR count). The normalized spacial score (nSPS) is 11.5. The van der Waals surface area contributed by atoms with Crippen LogP contribution in [0.4, 0.5) is 14.5 Å². The van der Waals surface area contributed by atoms with Gasteiger partial charge in [-0.15, -0.1) is 0 Å². The monoisotopic (exact) mass is 291 g/mol. The highest BCUT2D eigenvalue weighted by Gasteiger charge is 2.18. The molecule has 0 bridgehead atoms. The Bertz CT molecular complexity index is 613. The molecule has 0 spiro atoms. The highest BCUT2D eigenvalue weighted by atomic mass is 19.1. The van der Waals surface area contributed by atoms with E-state index >= 15 is 0 Å². The van der Waals surface area contributed by atoms with E-state index in [9.17, 15) is 8.78 Å². The van der Waals surface area contributed by atoms with Gasteiger partial charge < -0.3 is 10.5 Å². The molecule has 112 valence electrons. The average molecular weight is 291 g/mol. The summed E-state index contributed by atoms with van der Waals surface area (Å²) in [5.41, 5.74) is 6.60. The molecule has 2 N–H and O–H groups in total. The molecule has 0 aliphatic rings. The lowest BCUT2D eigenvalue weighted by Gasteiger charge is -2.23. The van der Waals surface area contributed by atoms with Gasteiger partial charge in [0, 0.05) is 17.8 Å². The Morgan fingerprint density at radius 3 is 2.05 bits per heavy atom. The zero-order chi connectivity index (χ0) is 15.6. The van der Waals surface area contributed by atoms with Crippen molar-refractivity contribution in [2.24, 2.45) is 0 Å². The quantitative estimate of drug-likeness (QED) is 0.802. The summed E-state index contributed by atoms with van der Waals surface area (Å²) in [6.07, 6.45) is 0.994. The lowest BCUT2D eigenvalue weighted by atomic mass is 9.82. The minimum atomic E-state index is -0.814. The first kappa shape index (κ1) is 15.3. The standard InChI is InChI=1S/C17H19F2NO/c1-4-17(2,3)11-5-7-13(8-6-11)21-16-14(18)9-12(20)10-15(16)19/h5-10H,4,20H2,1-3H3. The average Bonchev–Trinajstić information content (AvgIpc) is 2.43. The molecule has 0 heterocycles. The molecule has 0 saturated heterocycles. The van der Waals surface area contributed by atoms with Crippen molar-refractivity contribution in [2.45, 2.75) is 32.6 Å². The van der Waals surface area contributed by atoms with Crippen molar-refractivity contribution >= 4 is 5.69 Å². The van der Waals surface area contributed by atoms with Gasteiger partial charge in [-0.25, -0.2) is 8.78 Å². The van der Waals surface area contributed by atoms with Crippen LogP contribution in [0.2, 0.25) is 0 Å². The molecule has 0 aliphatic heterocycles. The van der Waals surface area contributed by atoms with E-state index in [1.54, 1.807) is 12.1 Å². The molecule has 0 aromatic heterocycles. The third-order valence-corrected chi connectivity index (χ3v) is 3.76. The van der Waals surface area contributed by atoms with E-state index in [2.05, 4.69) is 20.8 Å². The maximum absolute atomic E-state index is 13.7. The number of rotatable bonds is 4. The summed E-state index contributed by atoms with van der Waals surface area (Å²) >= 11 is 0. The van der Waals surface area contributed by atoms with Gasteiger partial charge in [0.2, 0.25) is 0 Å². The van der Waals surface area contributed by atoms with Crippen molar-refractivity contribution in [1.29, 1.82) is 0 Å². The van der Waals surface area contributed by atoms with Gasteiger partial charge in [0.15, 0.2) is 17.4 Å². The van der Waals surface area contributed by atoms with Gasteiger partial charge in [0.05, 0.1) is 0 Å². The molecule has 21 heavy (non-hydrogen) atoms. The number of halogens is 2. The third-order valence-electron chi connectivity index (χ3n) is 3.76. The molecular formula is C17H19F2NO. The first-order valence-corrected chi connectivity index (χ1v) is 6.86. The summed E-state index contributed by atoms with van der Waals surface area (Å²) in [7, 11) is 0. The van der Waals surface area contributed by atoms with Crippen molar-refractivity contribution in [3.05, 3.63) is 53.6 Å². The van der Waals surface area contributed by atoms with Crippen LogP contribution in [0.5, 0.6) is 11.5 Å². The van der Waals surface area contributed by atoms with Crippen LogP contribution < -0.4 is 10.5 Å². The van der Waals surface area contributed by atoms with Gasteiger partial charge in [0.1, 0.15) is 5.75 Å². The number of hydrogen-bond acceptors (Lipinski definition) is 2. The van der Waals surface area contributed by atoms with E-state index in [-0.39, 0.29) is 11.1 Å². The van der Waals surface area contributed by atoms with E-state index in [4.69, 9.17) is 10.5 Å². The van der Waals surface area contributed by atoms with Crippen LogP contribution in [0.3, 0.4) is 0 Å². The largest absolute Gasteiger partial charge is 0.451 e. The second kappa shape index (κ2) is 5.72. The van der Waals surface area contributed by atoms with Crippen LogP contribution in [0.25, 0.3) is 0 Å². The van der Waals surface area contributed by atoms with Gasteiger partial charge in [-0.05, 0) is 29.5 Å². The fourth-order valence-electron chi connectivity index (χ4n) is 1.97. The molecule has 4 heteroatoms. The van der Waals surface area contributed by atoms with Crippen LogP contribution >= 0.6 is 0 Å². The van der Waals surface area contributed by atoms with E-state index < -0.39 is 17.4 Å². The lowest BCUT2D eigenvalue weighted by molar-refractivity contribution is 0.407. The zero-order valence-corrected chi connectivity index (χ0v) is 12.4. The summed E-state index contributed by atoms with van der Waals surface area (Å²) in [6.45, 7) is 6.40. The van der Waals surface area contributed by atoms with Crippen molar-refractivity contribution in [3.8, 4) is 11.5 Å². The highest BCUT2D eigenvalue weighted by molar-refractivity contribution is 5.45. The fourth-order valence-corrected chi connectivity index (χ4v) is 1.97. The number of hydrogen-bond donors (Lipinski definition) is 1. The molecular weight excluding hydrogens is 272 g/mol.